The van der Waals surface area contributed by atoms with Gasteiger partial charge in [-0.2, -0.15) is 11.8 Å². The largest absolute Gasteiger partial charge is 0.330 e. The molecule has 0 aliphatic carbocycles. The monoisotopic (exact) mass is 231 g/mol. The first-order valence-electron chi connectivity index (χ1n) is 6.40. The van der Waals surface area contributed by atoms with Gasteiger partial charge in [0.15, 0.2) is 0 Å². The van der Waals surface area contributed by atoms with Crippen LogP contribution in [-0.2, 0) is 0 Å². The summed E-state index contributed by atoms with van der Waals surface area (Å²) < 4.78 is 0. The third-order valence-electron chi connectivity index (χ3n) is 2.84. The zero-order valence-electron chi connectivity index (χ0n) is 10.8. The Morgan fingerprint density at radius 3 is 2.13 bits per heavy atom. The van der Waals surface area contributed by atoms with E-state index in [1.54, 1.807) is 0 Å². The fourth-order valence-corrected chi connectivity index (χ4v) is 2.49. The summed E-state index contributed by atoms with van der Waals surface area (Å²) in [5.41, 5.74) is 6.05. The summed E-state index contributed by atoms with van der Waals surface area (Å²) in [6.45, 7) is 7.61. The van der Waals surface area contributed by atoms with Gasteiger partial charge in [-0.25, -0.2) is 0 Å². The average molecular weight is 231 g/mol. The molecular weight excluding hydrogens is 202 g/mol. The van der Waals surface area contributed by atoms with Crippen LogP contribution in [0.4, 0.5) is 0 Å². The van der Waals surface area contributed by atoms with Crippen molar-refractivity contribution in [3.63, 3.8) is 0 Å². The molecule has 0 fully saturated rings. The molecular formula is C13H29NS. The van der Waals surface area contributed by atoms with Crippen LogP contribution >= 0.6 is 11.8 Å². The Kier molecular flexibility index (Phi) is 9.73. The van der Waals surface area contributed by atoms with E-state index in [-0.39, 0.29) is 0 Å². The summed E-state index contributed by atoms with van der Waals surface area (Å²) in [6.07, 6.45) is 8.11. The first-order valence-corrected chi connectivity index (χ1v) is 7.55. The minimum absolute atomic E-state index is 0.354. The van der Waals surface area contributed by atoms with Gasteiger partial charge in [0.05, 0.1) is 0 Å². The molecule has 0 bridgehead atoms. The number of hydrogen-bond donors (Lipinski definition) is 1. The van der Waals surface area contributed by atoms with E-state index in [4.69, 9.17) is 5.73 Å². The van der Waals surface area contributed by atoms with E-state index >= 15 is 0 Å². The molecule has 0 saturated carbocycles. The van der Waals surface area contributed by atoms with Crippen molar-refractivity contribution in [3.05, 3.63) is 0 Å². The highest BCUT2D eigenvalue weighted by atomic mass is 32.2. The first-order chi connectivity index (χ1) is 7.12. The van der Waals surface area contributed by atoms with E-state index < -0.39 is 0 Å². The fourth-order valence-electron chi connectivity index (χ4n) is 1.47. The van der Waals surface area contributed by atoms with Crippen LogP contribution in [0.25, 0.3) is 0 Å². The lowest BCUT2D eigenvalue weighted by Gasteiger charge is -2.21. The highest BCUT2D eigenvalue weighted by Gasteiger charge is 2.13. The lowest BCUT2D eigenvalue weighted by Crippen LogP contribution is -2.23. The molecule has 0 amide bonds. The first kappa shape index (κ1) is 15.3. The van der Waals surface area contributed by atoms with E-state index in [1.165, 1.54) is 50.0 Å². The van der Waals surface area contributed by atoms with Gasteiger partial charge in [-0.1, -0.05) is 40.0 Å². The van der Waals surface area contributed by atoms with Gasteiger partial charge >= 0.3 is 0 Å². The van der Waals surface area contributed by atoms with Crippen LogP contribution in [0.15, 0.2) is 0 Å². The zero-order chi connectivity index (χ0) is 11.6. The van der Waals surface area contributed by atoms with E-state index in [2.05, 4.69) is 32.5 Å². The molecule has 2 heteroatoms. The van der Waals surface area contributed by atoms with Crippen LogP contribution < -0.4 is 5.73 Å². The SMILES string of the molecule is CCCCCSCCCCC(C)(C)CN. The Bertz CT molecular complexity index is 134. The smallest absolute Gasteiger partial charge is 0.00258 e. The van der Waals surface area contributed by atoms with Crippen LogP contribution in [0.3, 0.4) is 0 Å². The molecule has 0 unspecified atom stereocenters. The minimum atomic E-state index is 0.354. The Morgan fingerprint density at radius 1 is 1.00 bits per heavy atom. The van der Waals surface area contributed by atoms with Crippen molar-refractivity contribution in [1.29, 1.82) is 0 Å². The number of rotatable bonds is 10. The third-order valence-corrected chi connectivity index (χ3v) is 3.99. The zero-order valence-corrected chi connectivity index (χ0v) is 11.7. The molecule has 0 aromatic heterocycles. The van der Waals surface area contributed by atoms with Gasteiger partial charge in [-0.15, -0.1) is 0 Å². The minimum Gasteiger partial charge on any atom is -0.330 e. The predicted octanol–water partition coefficient (Wildman–Crippen LogP) is 4.07. The lowest BCUT2D eigenvalue weighted by atomic mass is 9.88. The molecule has 0 saturated heterocycles. The maximum Gasteiger partial charge on any atom is -0.00258 e. The summed E-state index contributed by atoms with van der Waals surface area (Å²) in [5, 5.41) is 0. The molecule has 0 atom stereocenters. The lowest BCUT2D eigenvalue weighted by molar-refractivity contribution is 0.336. The topological polar surface area (TPSA) is 26.0 Å². The molecule has 0 spiro atoms. The maximum absolute atomic E-state index is 5.70. The normalized spacial score (nSPS) is 12.0. The van der Waals surface area contributed by atoms with Crippen LogP contribution in [-0.4, -0.2) is 18.1 Å². The molecule has 15 heavy (non-hydrogen) atoms. The summed E-state index contributed by atoms with van der Waals surface area (Å²) in [4.78, 5) is 0. The van der Waals surface area contributed by atoms with Crippen LogP contribution in [0.1, 0.15) is 59.3 Å². The van der Waals surface area contributed by atoms with Crippen LogP contribution in [0, 0.1) is 5.41 Å². The highest BCUT2D eigenvalue weighted by Crippen LogP contribution is 2.22. The molecule has 0 aromatic rings. The van der Waals surface area contributed by atoms with E-state index in [9.17, 15) is 0 Å². The summed E-state index contributed by atoms with van der Waals surface area (Å²) in [5.74, 6) is 2.69. The van der Waals surface area contributed by atoms with Crippen LogP contribution in [0.5, 0.6) is 0 Å². The number of unbranched alkanes of at least 4 members (excludes halogenated alkanes) is 3. The molecule has 0 aliphatic heterocycles. The number of thioether (sulfide) groups is 1. The predicted molar refractivity (Wildman–Crippen MR) is 73.5 cm³/mol. The van der Waals surface area contributed by atoms with E-state index in [0.29, 0.717) is 5.41 Å². The Labute approximate surface area is 101 Å². The fraction of sp³-hybridized carbons (Fsp3) is 1.00. The Morgan fingerprint density at radius 2 is 1.60 bits per heavy atom. The second-order valence-corrected chi connectivity index (χ2v) is 6.37. The Balaban J connectivity index is 3.11. The molecule has 0 radical (unpaired) electrons. The molecule has 2 N–H and O–H groups in total. The van der Waals surface area contributed by atoms with Crippen LogP contribution in [0.2, 0.25) is 0 Å². The van der Waals surface area contributed by atoms with Gasteiger partial charge in [0.2, 0.25) is 0 Å². The summed E-state index contributed by atoms with van der Waals surface area (Å²) in [6, 6.07) is 0. The number of hydrogen-bond acceptors (Lipinski definition) is 2. The van der Waals surface area contributed by atoms with Crippen molar-refractivity contribution in [1.82, 2.24) is 0 Å². The van der Waals surface area contributed by atoms with Crippen molar-refractivity contribution in [2.45, 2.75) is 59.3 Å². The third kappa shape index (κ3) is 10.6. The van der Waals surface area contributed by atoms with Crippen molar-refractivity contribution in [2.24, 2.45) is 11.1 Å². The van der Waals surface area contributed by atoms with E-state index in [0.717, 1.165) is 6.54 Å². The van der Waals surface area contributed by atoms with Gasteiger partial charge in [-0.05, 0) is 42.7 Å². The molecule has 0 rings (SSSR count). The van der Waals surface area contributed by atoms with Crippen molar-refractivity contribution < 1.29 is 0 Å². The van der Waals surface area contributed by atoms with Crippen molar-refractivity contribution in [3.8, 4) is 0 Å². The summed E-state index contributed by atoms with van der Waals surface area (Å²) >= 11 is 2.12. The molecule has 92 valence electrons. The second kappa shape index (κ2) is 9.53. The van der Waals surface area contributed by atoms with Gasteiger partial charge in [0, 0.05) is 0 Å². The van der Waals surface area contributed by atoms with Crippen molar-refractivity contribution >= 4 is 11.8 Å². The standard InChI is InChI=1S/C13H29NS/c1-4-5-7-10-15-11-8-6-9-13(2,3)12-14/h4-12,14H2,1-3H3. The Hall–Kier alpha value is 0.310. The highest BCUT2D eigenvalue weighted by molar-refractivity contribution is 7.99. The molecule has 0 aliphatic rings. The van der Waals surface area contributed by atoms with Gasteiger partial charge in [0.1, 0.15) is 0 Å². The molecule has 0 heterocycles. The number of nitrogens with two attached hydrogens (primary N) is 1. The van der Waals surface area contributed by atoms with Gasteiger partial charge in [0.25, 0.3) is 0 Å². The molecule has 0 aromatic carbocycles. The van der Waals surface area contributed by atoms with Crippen molar-refractivity contribution in [2.75, 3.05) is 18.1 Å². The average Bonchev–Trinajstić information content (AvgIpc) is 2.22. The maximum atomic E-state index is 5.70. The summed E-state index contributed by atoms with van der Waals surface area (Å²) in [7, 11) is 0. The van der Waals surface area contributed by atoms with Gasteiger partial charge < -0.3 is 5.73 Å². The quantitative estimate of drug-likeness (QED) is 0.574. The van der Waals surface area contributed by atoms with E-state index in [1.807, 2.05) is 0 Å². The van der Waals surface area contributed by atoms with Gasteiger partial charge in [-0.3, -0.25) is 0 Å². The molecule has 1 nitrogen and oxygen atoms in total. The second-order valence-electron chi connectivity index (χ2n) is 5.14.